The van der Waals surface area contributed by atoms with Crippen molar-refractivity contribution in [1.29, 1.82) is 0 Å². The van der Waals surface area contributed by atoms with Gasteiger partial charge in [-0.15, -0.1) is 0 Å². The lowest BCUT2D eigenvalue weighted by Crippen LogP contribution is -2.44. The first-order chi connectivity index (χ1) is 7.97. The molecule has 0 bridgehead atoms. The molecule has 0 spiro atoms. The second-order valence-electron chi connectivity index (χ2n) is 5.59. The topological polar surface area (TPSA) is 41.1 Å². The van der Waals surface area contributed by atoms with Crippen molar-refractivity contribution < 1.29 is 4.79 Å². The van der Waals surface area contributed by atoms with Crippen LogP contribution < -0.4 is 10.6 Å². The van der Waals surface area contributed by atoms with Gasteiger partial charge in [0.05, 0.1) is 5.92 Å². The number of anilines is 1. The molecule has 0 fully saturated rings. The van der Waals surface area contributed by atoms with E-state index in [-0.39, 0.29) is 17.4 Å². The fourth-order valence-corrected chi connectivity index (χ4v) is 2.20. The first-order valence-electron chi connectivity index (χ1n) is 6.12. The summed E-state index contributed by atoms with van der Waals surface area (Å²) >= 11 is 0. The lowest BCUT2D eigenvalue weighted by atomic mass is 9.89. The average Bonchev–Trinajstić information content (AvgIpc) is 2.26. The number of para-hydroxylation sites is 1. The number of benzene rings is 1. The molecule has 92 valence electrons. The number of hydrogen-bond acceptors (Lipinski definition) is 2. The van der Waals surface area contributed by atoms with Gasteiger partial charge < -0.3 is 10.6 Å². The molecule has 3 nitrogen and oxygen atoms in total. The summed E-state index contributed by atoms with van der Waals surface area (Å²) in [4.78, 5) is 12.2. The van der Waals surface area contributed by atoms with Gasteiger partial charge in [0.15, 0.2) is 0 Å². The predicted octanol–water partition coefficient (Wildman–Crippen LogP) is 2.50. The summed E-state index contributed by atoms with van der Waals surface area (Å²) in [6.45, 7) is 6.90. The summed E-state index contributed by atoms with van der Waals surface area (Å²) < 4.78 is 0. The second kappa shape index (κ2) is 4.40. The van der Waals surface area contributed by atoms with Crippen molar-refractivity contribution in [1.82, 2.24) is 5.32 Å². The van der Waals surface area contributed by atoms with Crippen molar-refractivity contribution >= 4 is 11.6 Å². The number of hydrogen-bond donors (Lipinski definition) is 2. The van der Waals surface area contributed by atoms with E-state index in [9.17, 15) is 4.79 Å². The number of carbonyl (C=O) groups is 1. The minimum atomic E-state index is -0.170. The van der Waals surface area contributed by atoms with Crippen LogP contribution in [0.4, 0.5) is 5.69 Å². The fourth-order valence-electron chi connectivity index (χ4n) is 2.20. The summed E-state index contributed by atoms with van der Waals surface area (Å²) in [7, 11) is 0. The van der Waals surface area contributed by atoms with E-state index in [2.05, 4.69) is 10.6 Å². The van der Waals surface area contributed by atoms with Crippen molar-refractivity contribution in [2.24, 2.45) is 0 Å². The van der Waals surface area contributed by atoms with Gasteiger partial charge >= 0.3 is 0 Å². The van der Waals surface area contributed by atoms with E-state index in [0.29, 0.717) is 0 Å². The SMILES string of the molecule is CC(C)(C)NC(=O)[C@H]1CCNc2ccccc21. The Morgan fingerprint density at radius 1 is 1.35 bits per heavy atom. The van der Waals surface area contributed by atoms with Crippen LogP contribution in [0.25, 0.3) is 0 Å². The van der Waals surface area contributed by atoms with Gasteiger partial charge in [-0.1, -0.05) is 18.2 Å². The van der Waals surface area contributed by atoms with Crippen LogP contribution in [-0.4, -0.2) is 18.0 Å². The Morgan fingerprint density at radius 3 is 2.76 bits per heavy atom. The fraction of sp³-hybridized carbons (Fsp3) is 0.500. The lowest BCUT2D eigenvalue weighted by molar-refractivity contribution is -0.124. The number of rotatable bonds is 1. The first kappa shape index (κ1) is 12.0. The summed E-state index contributed by atoms with van der Waals surface area (Å²) in [5, 5.41) is 6.39. The Bertz CT molecular complexity index is 420. The summed E-state index contributed by atoms with van der Waals surface area (Å²) in [5.74, 6) is 0.109. The van der Waals surface area contributed by atoms with Crippen LogP contribution in [0.3, 0.4) is 0 Å². The van der Waals surface area contributed by atoms with Crippen LogP contribution in [0.2, 0.25) is 0 Å². The van der Waals surface area contributed by atoms with E-state index >= 15 is 0 Å². The average molecular weight is 232 g/mol. The zero-order chi connectivity index (χ0) is 12.5. The Labute approximate surface area is 103 Å². The maximum Gasteiger partial charge on any atom is 0.228 e. The third-order valence-corrected chi connectivity index (χ3v) is 2.90. The molecule has 2 N–H and O–H groups in total. The monoisotopic (exact) mass is 232 g/mol. The third kappa shape index (κ3) is 2.78. The van der Waals surface area contributed by atoms with Gasteiger partial charge in [-0.05, 0) is 38.8 Å². The van der Waals surface area contributed by atoms with E-state index < -0.39 is 0 Å². The molecule has 1 heterocycles. The molecule has 1 atom stereocenters. The molecule has 17 heavy (non-hydrogen) atoms. The predicted molar refractivity (Wildman–Crippen MR) is 70.2 cm³/mol. The summed E-state index contributed by atoms with van der Waals surface area (Å²) in [6, 6.07) is 8.05. The van der Waals surface area contributed by atoms with Crippen molar-refractivity contribution in [2.75, 3.05) is 11.9 Å². The zero-order valence-corrected chi connectivity index (χ0v) is 10.7. The van der Waals surface area contributed by atoms with Gasteiger partial charge in [-0.2, -0.15) is 0 Å². The molecule has 1 aliphatic rings. The number of carbonyl (C=O) groups excluding carboxylic acids is 1. The van der Waals surface area contributed by atoms with Gasteiger partial charge in [-0.25, -0.2) is 0 Å². The summed E-state index contributed by atoms with van der Waals surface area (Å²) in [6.07, 6.45) is 0.860. The zero-order valence-electron chi connectivity index (χ0n) is 10.7. The maximum atomic E-state index is 12.2. The van der Waals surface area contributed by atoms with E-state index in [0.717, 1.165) is 24.2 Å². The molecule has 3 heteroatoms. The molecule has 0 radical (unpaired) electrons. The van der Waals surface area contributed by atoms with Crippen molar-refractivity contribution in [3.8, 4) is 0 Å². The van der Waals surface area contributed by atoms with Crippen molar-refractivity contribution in [3.63, 3.8) is 0 Å². The van der Waals surface area contributed by atoms with E-state index in [1.54, 1.807) is 0 Å². The Kier molecular flexibility index (Phi) is 3.09. The molecular weight excluding hydrogens is 212 g/mol. The van der Waals surface area contributed by atoms with Crippen molar-refractivity contribution in [3.05, 3.63) is 29.8 Å². The van der Waals surface area contributed by atoms with E-state index in [1.165, 1.54) is 0 Å². The molecule has 0 unspecified atom stereocenters. The molecule has 1 aromatic rings. The number of amides is 1. The largest absolute Gasteiger partial charge is 0.385 e. The molecule has 0 saturated heterocycles. The standard InChI is InChI=1S/C14H20N2O/c1-14(2,3)16-13(17)11-8-9-15-12-7-5-4-6-10(11)12/h4-7,11,15H,8-9H2,1-3H3,(H,16,17)/t11-/m0/s1. The van der Waals surface area contributed by atoms with Gasteiger partial charge in [0.2, 0.25) is 5.91 Å². The van der Waals surface area contributed by atoms with E-state index in [1.807, 2.05) is 45.0 Å². The quantitative estimate of drug-likeness (QED) is 0.781. The van der Waals surface area contributed by atoms with Gasteiger partial charge in [0, 0.05) is 17.8 Å². The van der Waals surface area contributed by atoms with Crippen LogP contribution in [-0.2, 0) is 4.79 Å². The Morgan fingerprint density at radius 2 is 2.06 bits per heavy atom. The van der Waals surface area contributed by atoms with Crippen LogP contribution in [0.1, 0.15) is 38.7 Å². The minimum absolute atomic E-state index is 0.0216. The highest BCUT2D eigenvalue weighted by Gasteiger charge is 2.28. The van der Waals surface area contributed by atoms with Crippen LogP contribution in [0, 0.1) is 0 Å². The molecule has 1 aromatic carbocycles. The molecule has 2 rings (SSSR count). The smallest absolute Gasteiger partial charge is 0.228 e. The third-order valence-electron chi connectivity index (χ3n) is 2.90. The van der Waals surface area contributed by atoms with Gasteiger partial charge in [-0.3, -0.25) is 4.79 Å². The van der Waals surface area contributed by atoms with Crippen LogP contribution in [0.5, 0.6) is 0 Å². The molecule has 0 saturated carbocycles. The molecule has 1 aliphatic heterocycles. The molecular formula is C14H20N2O. The van der Waals surface area contributed by atoms with Gasteiger partial charge in [0.25, 0.3) is 0 Å². The van der Waals surface area contributed by atoms with Crippen molar-refractivity contribution in [2.45, 2.75) is 38.6 Å². The first-order valence-corrected chi connectivity index (χ1v) is 6.12. The molecule has 1 amide bonds. The lowest BCUT2D eigenvalue weighted by Gasteiger charge is -2.29. The van der Waals surface area contributed by atoms with Gasteiger partial charge in [0.1, 0.15) is 0 Å². The van der Waals surface area contributed by atoms with Crippen LogP contribution in [0.15, 0.2) is 24.3 Å². The highest BCUT2D eigenvalue weighted by atomic mass is 16.2. The Hall–Kier alpha value is -1.51. The number of fused-ring (bicyclic) bond motifs is 1. The molecule has 0 aliphatic carbocycles. The second-order valence-corrected chi connectivity index (χ2v) is 5.59. The normalized spacial score (nSPS) is 19.1. The molecule has 0 aromatic heterocycles. The summed E-state index contributed by atoms with van der Waals surface area (Å²) in [5.41, 5.74) is 2.03. The van der Waals surface area contributed by atoms with E-state index in [4.69, 9.17) is 0 Å². The number of nitrogens with one attached hydrogen (secondary N) is 2. The highest BCUT2D eigenvalue weighted by Crippen LogP contribution is 2.31. The maximum absolute atomic E-state index is 12.2. The highest BCUT2D eigenvalue weighted by molar-refractivity contribution is 5.86. The Balaban J connectivity index is 2.21. The van der Waals surface area contributed by atoms with Crippen LogP contribution >= 0.6 is 0 Å². The minimum Gasteiger partial charge on any atom is -0.385 e.